The molecule has 1 N–H and O–H groups in total. The highest BCUT2D eigenvalue weighted by Gasteiger charge is 2.19. The molecule has 21 heavy (non-hydrogen) atoms. The molecular weight excluding hydrogens is 397 g/mol. The molecule has 0 amide bonds. The molecule has 6 heteroatoms. The van der Waals surface area contributed by atoms with Gasteiger partial charge >= 0.3 is 0 Å². The van der Waals surface area contributed by atoms with Crippen LogP contribution in [0, 0.1) is 5.92 Å². The molecule has 0 aromatic carbocycles. The summed E-state index contributed by atoms with van der Waals surface area (Å²) in [6.07, 6.45) is 1.16. The molecule has 2 unspecified atom stereocenters. The Labute approximate surface area is 149 Å². The second-order valence-corrected chi connectivity index (χ2v) is 6.28. The zero-order chi connectivity index (χ0) is 14.4. The number of thiophene rings is 1. The van der Waals surface area contributed by atoms with Gasteiger partial charge in [-0.15, -0.1) is 24.0 Å². The van der Waals surface area contributed by atoms with Gasteiger partial charge in [0, 0.05) is 39.7 Å². The lowest BCUT2D eigenvalue weighted by molar-refractivity contribution is 0.181. The van der Waals surface area contributed by atoms with Gasteiger partial charge in [-0.05, 0) is 34.7 Å². The third-order valence-corrected chi connectivity index (χ3v) is 4.51. The molecule has 0 saturated carbocycles. The van der Waals surface area contributed by atoms with Crippen LogP contribution in [-0.2, 0) is 4.74 Å². The lowest BCUT2D eigenvalue weighted by atomic mass is 10.1. The lowest BCUT2D eigenvalue weighted by Crippen LogP contribution is -2.42. The summed E-state index contributed by atoms with van der Waals surface area (Å²) >= 11 is 1.75. The maximum atomic E-state index is 5.43. The van der Waals surface area contributed by atoms with Crippen LogP contribution in [0.25, 0.3) is 0 Å². The van der Waals surface area contributed by atoms with Crippen LogP contribution in [0.5, 0.6) is 0 Å². The van der Waals surface area contributed by atoms with E-state index in [1.165, 1.54) is 5.56 Å². The van der Waals surface area contributed by atoms with Crippen LogP contribution in [0.2, 0.25) is 0 Å². The van der Waals surface area contributed by atoms with Gasteiger partial charge in [0.25, 0.3) is 0 Å². The fourth-order valence-electron chi connectivity index (χ4n) is 2.50. The molecule has 1 saturated heterocycles. The Morgan fingerprint density at radius 2 is 2.43 bits per heavy atom. The van der Waals surface area contributed by atoms with Crippen molar-refractivity contribution in [3.8, 4) is 0 Å². The number of nitrogens with one attached hydrogen (secondary N) is 1. The van der Waals surface area contributed by atoms with Gasteiger partial charge in [-0.25, -0.2) is 0 Å². The monoisotopic (exact) mass is 423 g/mol. The smallest absolute Gasteiger partial charge is 0.193 e. The van der Waals surface area contributed by atoms with Crippen molar-refractivity contribution in [2.24, 2.45) is 10.9 Å². The summed E-state index contributed by atoms with van der Waals surface area (Å²) in [6.45, 7) is 5.95. The lowest BCUT2D eigenvalue weighted by Gasteiger charge is -2.25. The van der Waals surface area contributed by atoms with E-state index in [9.17, 15) is 0 Å². The van der Waals surface area contributed by atoms with Crippen molar-refractivity contribution in [2.45, 2.75) is 19.3 Å². The Morgan fingerprint density at radius 1 is 1.62 bits per heavy atom. The molecule has 1 aromatic rings. The molecule has 2 atom stereocenters. The second kappa shape index (κ2) is 9.63. The predicted molar refractivity (Wildman–Crippen MR) is 101 cm³/mol. The standard InChI is InChI=1S/C15H25N3OS.HI/c1-12(14-5-7-20-11-14)8-17-15(16-2)18(3)9-13-4-6-19-10-13;/h5,7,11-13H,4,6,8-10H2,1-3H3,(H,16,17);1H. The van der Waals surface area contributed by atoms with E-state index < -0.39 is 0 Å². The van der Waals surface area contributed by atoms with E-state index in [1.807, 2.05) is 7.05 Å². The third kappa shape index (κ3) is 5.75. The van der Waals surface area contributed by atoms with Crippen LogP contribution in [-0.4, -0.2) is 51.3 Å². The quantitative estimate of drug-likeness (QED) is 0.450. The largest absolute Gasteiger partial charge is 0.381 e. The summed E-state index contributed by atoms with van der Waals surface area (Å²) < 4.78 is 5.43. The van der Waals surface area contributed by atoms with Crippen molar-refractivity contribution in [3.63, 3.8) is 0 Å². The molecule has 1 fully saturated rings. The SMILES string of the molecule is CN=C(NCC(C)c1ccsc1)N(C)CC1CCOC1.I. The number of hydrogen-bond acceptors (Lipinski definition) is 3. The Morgan fingerprint density at radius 3 is 3.00 bits per heavy atom. The molecule has 120 valence electrons. The average molecular weight is 423 g/mol. The zero-order valence-corrected chi connectivity index (χ0v) is 16.2. The van der Waals surface area contributed by atoms with Crippen molar-refractivity contribution >= 4 is 41.3 Å². The van der Waals surface area contributed by atoms with Crippen molar-refractivity contribution in [1.82, 2.24) is 10.2 Å². The second-order valence-electron chi connectivity index (χ2n) is 5.50. The topological polar surface area (TPSA) is 36.9 Å². The van der Waals surface area contributed by atoms with Crippen molar-refractivity contribution in [1.29, 1.82) is 0 Å². The van der Waals surface area contributed by atoms with Crippen molar-refractivity contribution in [3.05, 3.63) is 22.4 Å². The molecular formula is C15H26IN3OS. The third-order valence-electron chi connectivity index (χ3n) is 3.81. The summed E-state index contributed by atoms with van der Waals surface area (Å²) in [5.41, 5.74) is 1.39. The van der Waals surface area contributed by atoms with E-state index in [-0.39, 0.29) is 24.0 Å². The molecule has 4 nitrogen and oxygen atoms in total. The van der Waals surface area contributed by atoms with Gasteiger partial charge in [-0.2, -0.15) is 11.3 Å². The average Bonchev–Trinajstić information content (AvgIpc) is 3.12. The number of ether oxygens (including phenoxy) is 1. The van der Waals surface area contributed by atoms with E-state index >= 15 is 0 Å². The highest BCUT2D eigenvalue weighted by Crippen LogP contribution is 2.17. The number of halogens is 1. The molecule has 2 rings (SSSR count). The molecule has 1 aromatic heterocycles. The van der Waals surface area contributed by atoms with Gasteiger partial charge in [0.1, 0.15) is 0 Å². The maximum absolute atomic E-state index is 5.43. The number of guanidine groups is 1. The fraction of sp³-hybridized carbons (Fsp3) is 0.667. The minimum absolute atomic E-state index is 0. The molecule has 0 bridgehead atoms. The van der Waals surface area contributed by atoms with Crippen molar-refractivity contribution < 1.29 is 4.74 Å². The van der Waals surface area contributed by atoms with Gasteiger partial charge in [-0.1, -0.05) is 6.92 Å². The van der Waals surface area contributed by atoms with Crippen LogP contribution in [0.3, 0.4) is 0 Å². The van der Waals surface area contributed by atoms with E-state index in [0.29, 0.717) is 11.8 Å². The normalized spacial score (nSPS) is 20.0. The van der Waals surface area contributed by atoms with Gasteiger partial charge in [0.2, 0.25) is 0 Å². The zero-order valence-electron chi connectivity index (χ0n) is 13.0. The Kier molecular flexibility index (Phi) is 8.58. The molecule has 0 radical (unpaired) electrons. The van der Waals surface area contributed by atoms with Crippen LogP contribution >= 0.6 is 35.3 Å². The summed E-state index contributed by atoms with van der Waals surface area (Å²) in [7, 11) is 3.95. The minimum Gasteiger partial charge on any atom is -0.381 e. The first-order valence-electron chi connectivity index (χ1n) is 7.22. The van der Waals surface area contributed by atoms with Crippen LogP contribution in [0.1, 0.15) is 24.8 Å². The molecule has 2 heterocycles. The van der Waals surface area contributed by atoms with Gasteiger partial charge in [0.15, 0.2) is 5.96 Å². The summed E-state index contributed by atoms with van der Waals surface area (Å²) in [5, 5.41) is 7.82. The maximum Gasteiger partial charge on any atom is 0.193 e. The van der Waals surface area contributed by atoms with Crippen LogP contribution < -0.4 is 5.32 Å². The number of hydrogen-bond donors (Lipinski definition) is 1. The van der Waals surface area contributed by atoms with Gasteiger partial charge in [0.05, 0.1) is 6.61 Å². The van der Waals surface area contributed by atoms with Crippen LogP contribution in [0.4, 0.5) is 0 Å². The number of rotatable bonds is 5. The predicted octanol–water partition coefficient (Wildman–Crippen LogP) is 3.01. The van der Waals surface area contributed by atoms with Crippen molar-refractivity contribution in [2.75, 3.05) is 40.4 Å². The highest BCUT2D eigenvalue weighted by molar-refractivity contribution is 14.0. The summed E-state index contributed by atoms with van der Waals surface area (Å²) in [6, 6.07) is 2.19. The first kappa shape index (κ1) is 18.7. The molecule has 1 aliphatic rings. The molecule has 0 aliphatic carbocycles. The summed E-state index contributed by atoms with van der Waals surface area (Å²) in [5.74, 6) is 2.10. The van der Waals surface area contributed by atoms with Crippen LogP contribution in [0.15, 0.2) is 21.8 Å². The van der Waals surface area contributed by atoms with E-state index in [4.69, 9.17) is 4.74 Å². The molecule has 0 spiro atoms. The van der Waals surface area contributed by atoms with E-state index in [1.54, 1.807) is 11.3 Å². The number of nitrogens with zero attached hydrogens (tertiary/aromatic N) is 2. The number of aliphatic imine (C=N–C) groups is 1. The Hall–Kier alpha value is -0.340. The van der Waals surface area contributed by atoms with E-state index in [2.05, 4.69) is 46.0 Å². The minimum atomic E-state index is 0. The fourth-order valence-corrected chi connectivity index (χ4v) is 3.29. The first-order chi connectivity index (χ1) is 9.70. The summed E-state index contributed by atoms with van der Waals surface area (Å²) in [4.78, 5) is 6.58. The first-order valence-corrected chi connectivity index (χ1v) is 8.16. The Bertz CT molecular complexity index is 419. The highest BCUT2D eigenvalue weighted by atomic mass is 127. The van der Waals surface area contributed by atoms with Gasteiger partial charge in [-0.3, -0.25) is 4.99 Å². The van der Waals surface area contributed by atoms with Gasteiger partial charge < -0.3 is 15.0 Å². The molecule has 1 aliphatic heterocycles. The Balaban J connectivity index is 0.00000220. The van der Waals surface area contributed by atoms with E-state index in [0.717, 1.165) is 38.7 Å².